The molecule has 0 saturated carbocycles. The number of anilines is 1. The number of thioether (sulfide) groups is 1. The van der Waals surface area contributed by atoms with Gasteiger partial charge in [0, 0.05) is 30.6 Å². The predicted molar refractivity (Wildman–Crippen MR) is 95.4 cm³/mol. The standard InChI is InChI=1S/C18H23N3O2S/c1-5-10-21(4)16-12(2)13(3)19-18(20-16)24-11-14-6-8-15(9-7-14)17(22)23/h6-9H,5,10-11H2,1-4H3,(H,22,23)/p-1. The van der Waals surface area contributed by atoms with Gasteiger partial charge in [0.1, 0.15) is 5.82 Å². The lowest BCUT2D eigenvalue weighted by atomic mass is 10.1. The molecule has 2 rings (SSSR count). The maximum absolute atomic E-state index is 10.8. The number of rotatable bonds is 7. The number of aromatic carboxylic acids is 1. The van der Waals surface area contributed by atoms with Crippen molar-refractivity contribution in [1.29, 1.82) is 0 Å². The molecule has 24 heavy (non-hydrogen) atoms. The monoisotopic (exact) mass is 344 g/mol. The van der Waals surface area contributed by atoms with Crippen molar-refractivity contribution in [2.45, 2.75) is 38.1 Å². The van der Waals surface area contributed by atoms with Crippen molar-refractivity contribution >= 4 is 23.5 Å². The Hall–Kier alpha value is -2.08. The van der Waals surface area contributed by atoms with E-state index >= 15 is 0 Å². The molecule has 128 valence electrons. The quantitative estimate of drug-likeness (QED) is 0.568. The van der Waals surface area contributed by atoms with Gasteiger partial charge in [-0.05, 0) is 31.4 Å². The lowest BCUT2D eigenvalue weighted by molar-refractivity contribution is -0.255. The fourth-order valence-corrected chi connectivity index (χ4v) is 3.19. The van der Waals surface area contributed by atoms with Crippen LogP contribution in [0.3, 0.4) is 0 Å². The maximum Gasteiger partial charge on any atom is 0.190 e. The Bertz CT molecular complexity index is 717. The first-order chi connectivity index (χ1) is 11.4. The molecule has 1 heterocycles. The molecule has 0 saturated heterocycles. The van der Waals surface area contributed by atoms with E-state index in [1.54, 1.807) is 36.0 Å². The Labute approximate surface area is 147 Å². The first kappa shape index (κ1) is 18.3. The van der Waals surface area contributed by atoms with Crippen molar-refractivity contribution in [3.63, 3.8) is 0 Å². The minimum atomic E-state index is -1.16. The van der Waals surface area contributed by atoms with E-state index in [1.165, 1.54) is 0 Å². The summed E-state index contributed by atoms with van der Waals surface area (Å²) >= 11 is 1.55. The van der Waals surface area contributed by atoms with Crippen molar-refractivity contribution in [2.24, 2.45) is 0 Å². The number of nitrogens with zero attached hydrogens (tertiary/aromatic N) is 3. The third-order valence-electron chi connectivity index (χ3n) is 3.82. The van der Waals surface area contributed by atoms with E-state index in [2.05, 4.69) is 21.8 Å². The van der Waals surface area contributed by atoms with E-state index in [1.807, 2.05) is 20.9 Å². The third kappa shape index (κ3) is 4.47. The highest BCUT2D eigenvalue weighted by molar-refractivity contribution is 7.98. The predicted octanol–water partition coefficient (Wildman–Crippen LogP) is 2.60. The molecule has 5 nitrogen and oxygen atoms in total. The summed E-state index contributed by atoms with van der Waals surface area (Å²) in [6.45, 7) is 7.14. The molecule has 1 aromatic carbocycles. The zero-order chi connectivity index (χ0) is 17.7. The van der Waals surface area contributed by atoms with Gasteiger partial charge in [0.15, 0.2) is 5.16 Å². The molecule has 0 radical (unpaired) electrons. The Morgan fingerprint density at radius 1 is 1.21 bits per heavy atom. The van der Waals surface area contributed by atoms with E-state index in [0.29, 0.717) is 5.75 Å². The average molecular weight is 344 g/mol. The average Bonchev–Trinajstić information content (AvgIpc) is 2.56. The van der Waals surface area contributed by atoms with Gasteiger partial charge in [0.2, 0.25) is 0 Å². The molecule has 0 atom stereocenters. The second-order valence-corrected chi connectivity index (χ2v) is 6.68. The number of aromatic nitrogens is 2. The minimum Gasteiger partial charge on any atom is -0.545 e. The van der Waals surface area contributed by atoms with Crippen LogP contribution in [0.1, 0.15) is 40.5 Å². The second kappa shape index (κ2) is 8.15. The molecule has 0 spiro atoms. The first-order valence-corrected chi connectivity index (χ1v) is 8.90. The number of aryl methyl sites for hydroxylation is 1. The molecular formula is C18H22N3O2S-. The van der Waals surface area contributed by atoms with Crippen LogP contribution in [0.5, 0.6) is 0 Å². The van der Waals surface area contributed by atoms with Gasteiger partial charge in [-0.25, -0.2) is 9.97 Å². The van der Waals surface area contributed by atoms with Gasteiger partial charge in [-0.3, -0.25) is 0 Å². The molecule has 0 unspecified atom stereocenters. The summed E-state index contributed by atoms with van der Waals surface area (Å²) in [7, 11) is 2.05. The molecule has 0 aliphatic rings. The lowest BCUT2D eigenvalue weighted by Crippen LogP contribution is -2.22. The number of carbonyl (C=O) groups excluding carboxylic acids is 1. The third-order valence-corrected chi connectivity index (χ3v) is 4.74. The van der Waals surface area contributed by atoms with Crippen LogP contribution >= 0.6 is 11.8 Å². The number of carbonyl (C=O) groups is 1. The summed E-state index contributed by atoms with van der Waals surface area (Å²) in [5.41, 5.74) is 3.30. The van der Waals surface area contributed by atoms with Gasteiger partial charge in [-0.2, -0.15) is 0 Å². The van der Waals surface area contributed by atoms with Crippen LogP contribution in [0.2, 0.25) is 0 Å². The summed E-state index contributed by atoms with van der Waals surface area (Å²) in [5.74, 6) is 0.502. The number of carboxylic acids is 1. The van der Waals surface area contributed by atoms with Crippen LogP contribution in [-0.2, 0) is 5.75 Å². The fraction of sp³-hybridized carbons (Fsp3) is 0.389. The Balaban J connectivity index is 2.13. The number of carboxylic acid groups (broad SMARTS) is 1. The second-order valence-electron chi connectivity index (χ2n) is 5.73. The summed E-state index contributed by atoms with van der Waals surface area (Å²) in [4.78, 5) is 22.2. The fourth-order valence-electron chi connectivity index (χ4n) is 2.35. The smallest absolute Gasteiger partial charge is 0.190 e. The van der Waals surface area contributed by atoms with Gasteiger partial charge >= 0.3 is 0 Å². The molecule has 0 fully saturated rings. The van der Waals surface area contributed by atoms with Gasteiger partial charge < -0.3 is 14.8 Å². The SMILES string of the molecule is CCCN(C)c1nc(SCc2ccc(C(=O)[O-])cc2)nc(C)c1C. The summed E-state index contributed by atoms with van der Waals surface area (Å²) in [6, 6.07) is 6.71. The summed E-state index contributed by atoms with van der Waals surface area (Å²) in [6.07, 6.45) is 1.06. The van der Waals surface area contributed by atoms with Crippen molar-refractivity contribution in [1.82, 2.24) is 9.97 Å². The molecule has 0 bridgehead atoms. The lowest BCUT2D eigenvalue weighted by Gasteiger charge is -2.20. The zero-order valence-electron chi connectivity index (χ0n) is 14.5. The Kier molecular flexibility index (Phi) is 6.20. The largest absolute Gasteiger partial charge is 0.545 e. The summed E-state index contributed by atoms with van der Waals surface area (Å²) < 4.78 is 0. The van der Waals surface area contributed by atoms with Crippen molar-refractivity contribution in [3.8, 4) is 0 Å². The van der Waals surface area contributed by atoms with Crippen LogP contribution in [0.4, 0.5) is 5.82 Å². The van der Waals surface area contributed by atoms with Gasteiger partial charge in [-0.1, -0.05) is 43.0 Å². The highest BCUT2D eigenvalue weighted by Crippen LogP contribution is 2.25. The van der Waals surface area contributed by atoms with Gasteiger partial charge in [-0.15, -0.1) is 0 Å². The Morgan fingerprint density at radius 3 is 2.46 bits per heavy atom. The number of hydrogen-bond acceptors (Lipinski definition) is 6. The highest BCUT2D eigenvalue weighted by atomic mass is 32.2. The van der Waals surface area contributed by atoms with Gasteiger partial charge in [0.25, 0.3) is 0 Å². The van der Waals surface area contributed by atoms with E-state index in [-0.39, 0.29) is 5.56 Å². The topological polar surface area (TPSA) is 69.2 Å². The summed E-state index contributed by atoms with van der Waals surface area (Å²) in [5, 5.41) is 11.5. The minimum absolute atomic E-state index is 0.189. The zero-order valence-corrected chi connectivity index (χ0v) is 15.3. The first-order valence-electron chi connectivity index (χ1n) is 7.91. The van der Waals surface area contributed by atoms with Crippen LogP contribution in [0, 0.1) is 13.8 Å². The molecule has 2 aromatic rings. The van der Waals surface area contributed by atoms with E-state index in [4.69, 9.17) is 0 Å². The highest BCUT2D eigenvalue weighted by Gasteiger charge is 2.12. The molecular weight excluding hydrogens is 322 g/mol. The van der Waals surface area contributed by atoms with Crippen molar-refractivity contribution in [3.05, 3.63) is 46.6 Å². The van der Waals surface area contributed by atoms with Crippen LogP contribution in [-0.4, -0.2) is 29.5 Å². The number of hydrogen-bond donors (Lipinski definition) is 0. The number of benzene rings is 1. The molecule has 0 aliphatic heterocycles. The normalized spacial score (nSPS) is 10.7. The molecule has 0 aliphatic carbocycles. The van der Waals surface area contributed by atoms with E-state index < -0.39 is 5.97 Å². The molecule has 0 amide bonds. The maximum atomic E-state index is 10.8. The van der Waals surface area contributed by atoms with Crippen LogP contribution in [0.25, 0.3) is 0 Å². The van der Waals surface area contributed by atoms with Crippen molar-refractivity contribution < 1.29 is 9.90 Å². The Morgan fingerprint density at radius 2 is 1.88 bits per heavy atom. The molecule has 1 aromatic heterocycles. The molecule has 6 heteroatoms. The van der Waals surface area contributed by atoms with Crippen LogP contribution < -0.4 is 10.0 Å². The van der Waals surface area contributed by atoms with Crippen molar-refractivity contribution in [2.75, 3.05) is 18.5 Å². The van der Waals surface area contributed by atoms with E-state index in [0.717, 1.165) is 40.8 Å². The van der Waals surface area contributed by atoms with Gasteiger partial charge in [0.05, 0.1) is 5.97 Å². The molecule has 0 N–H and O–H groups in total. The van der Waals surface area contributed by atoms with Crippen LogP contribution in [0.15, 0.2) is 29.4 Å². The van der Waals surface area contributed by atoms with E-state index in [9.17, 15) is 9.90 Å².